The number of amides is 1. The molecule has 0 aliphatic carbocycles. The summed E-state index contributed by atoms with van der Waals surface area (Å²) in [6, 6.07) is 0. The van der Waals surface area contributed by atoms with Crippen molar-refractivity contribution in [1.82, 2.24) is 15.2 Å². The van der Waals surface area contributed by atoms with Crippen molar-refractivity contribution in [1.29, 1.82) is 0 Å². The van der Waals surface area contributed by atoms with Crippen LogP contribution in [0.4, 0.5) is 0 Å². The van der Waals surface area contributed by atoms with Crippen molar-refractivity contribution in [3.63, 3.8) is 0 Å². The van der Waals surface area contributed by atoms with Gasteiger partial charge in [0, 0.05) is 13.1 Å². The van der Waals surface area contributed by atoms with Gasteiger partial charge in [0.25, 0.3) is 5.91 Å². The van der Waals surface area contributed by atoms with E-state index in [9.17, 15) is 4.79 Å². The molecule has 0 saturated carbocycles. The van der Waals surface area contributed by atoms with Crippen LogP contribution in [-0.2, 0) is 0 Å². The topological polar surface area (TPSA) is 45.2 Å². The molecule has 1 saturated heterocycles. The van der Waals surface area contributed by atoms with E-state index in [2.05, 4.69) is 10.3 Å². The fourth-order valence-electron chi connectivity index (χ4n) is 2.32. The second-order valence-corrected chi connectivity index (χ2v) is 5.80. The molecule has 1 aromatic rings. The Bertz CT molecular complexity index is 389. The number of aryl methyl sites for hydroxylation is 1. The molecular weight excluding hydrogens is 234 g/mol. The maximum atomic E-state index is 12.2. The van der Waals surface area contributed by atoms with Crippen LogP contribution in [0.1, 0.15) is 27.5 Å². The van der Waals surface area contributed by atoms with Crippen molar-refractivity contribution in [2.45, 2.75) is 19.8 Å². The molecular formula is C12H19N3OS. The number of piperidine rings is 1. The summed E-state index contributed by atoms with van der Waals surface area (Å²) in [4.78, 5) is 19.1. The Labute approximate surface area is 106 Å². The molecule has 17 heavy (non-hydrogen) atoms. The summed E-state index contributed by atoms with van der Waals surface area (Å²) in [7, 11) is 1.97. The van der Waals surface area contributed by atoms with Gasteiger partial charge in [-0.05, 0) is 39.3 Å². The molecule has 1 aromatic heterocycles. The van der Waals surface area contributed by atoms with Gasteiger partial charge < -0.3 is 10.2 Å². The molecule has 0 spiro atoms. The van der Waals surface area contributed by atoms with E-state index < -0.39 is 0 Å². The van der Waals surface area contributed by atoms with Gasteiger partial charge in [0.1, 0.15) is 4.88 Å². The highest BCUT2D eigenvalue weighted by atomic mass is 32.1. The van der Waals surface area contributed by atoms with E-state index in [1.54, 1.807) is 6.20 Å². The maximum absolute atomic E-state index is 12.2. The van der Waals surface area contributed by atoms with Crippen molar-refractivity contribution in [3.05, 3.63) is 16.1 Å². The summed E-state index contributed by atoms with van der Waals surface area (Å²) in [6.45, 7) is 4.68. The molecule has 2 heterocycles. The van der Waals surface area contributed by atoms with Crippen LogP contribution in [-0.4, -0.2) is 42.5 Å². The number of nitrogens with one attached hydrogen (secondary N) is 1. The van der Waals surface area contributed by atoms with Crippen LogP contribution >= 0.6 is 11.3 Å². The normalized spacial score (nSPS) is 20.6. The van der Waals surface area contributed by atoms with Crippen molar-refractivity contribution < 1.29 is 4.79 Å². The quantitative estimate of drug-likeness (QED) is 0.888. The largest absolute Gasteiger partial charge is 0.338 e. The van der Waals surface area contributed by atoms with Gasteiger partial charge in [-0.2, -0.15) is 0 Å². The Morgan fingerprint density at radius 2 is 2.53 bits per heavy atom. The first kappa shape index (κ1) is 12.5. The average molecular weight is 253 g/mol. The highest BCUT2D eigenvalue weighted by Gasteiger charge is 2.24. The highest BCUT2D eigenvalue weighted by Crippen LogP contribution is 2.20. The molecule has 94 valence electrons. The molecule has 1 N–H and O–H groups in total. The minimum atomic E-state index is 0.149. The van der Waals surface area contributed by atoms with Crippen LogP contribution in [0.15, 0.2) is 6.20 Å². The van der Waals surface area contributed by atoms with E-state index in [0.29, 0.717) is 5.92 Å². The summed E-state index contributed by atoms with van der Waals surface area (Å²) in [5, 5.41) is 4.15. The molecule has 5 heteroatoms. The molecule has 0 radical (unpaired) electrons. The van der Waals surface area contributed by atoms with Crippen LogP contribution in [0.5, 0.6) is 0 Å². The van der Waals surface area contributed by atoms with Crippen molar-refractivity contribution in [2.75, 3.05) is 26.7 Å². The Morgan fingerprint density at radius 1 is 1.71 bits per heavy atom. The summed E-state index contributed by atoms with van der Waals surface area (Å²) < 4.78 is 0. The predicted molar refractivity (Wildman–Crippen MR) is 69.4 cm³/mol. The van der Waals surface area contributed by atoms with E-state index in [0.717, 1.165) is 35.9 Å². The monoisotopic (exact) mass is 253 g/mol. The van der Waals surface area contributed by atoms with Gasteiger partial charge >= 0.3 is 0 Å². The van der Waals surface area contributed by atoms with Gasteiger partial charge in [-0.15, -0.1) is 11.3 Å². The molecule has 1 amide bonds. The third-order valence-corrected chi connectivity index (χ3v) is 4.03. The number of hydrogen-bond donors (Lipinski definition) is 1. The van der Waals surface area contributed by atoms with E-state index in [1.165, 1.54) is 17.8 Å². The standard InChI is InChI=1S/C12H19N3OS/c1-9-14-7-11(17-9)12(16)15-5-3-4-10(8-15)6-13-2/h7,10,13H,3-6,8H2,1-2H3. The van der Waals surface area contributed by atoms with Crippen LogP contribution in [0.2, 0.25) is 0 Å². The van der Waals surface area contributed by atoms with Gasteiger partial charge in [-0.1, -0.05) is 0 Å². The van der Waals surface area contributed by atoms with Crippen LogP contribution in [0, 0.1) is 12.8 Å². The Hall–Kier alpha value is -0.940. The lowest BCUT2D eigenvalue weighted by Crippen LogP contribution is -2.42. The molecule has 4 nitrogen and oxygen atoms in total. The van der Waals surface area contributed by atoms with Gasteiger partial charge in [-0.3, -0.25) is 4.79 Å². The third kappa shape index (κ3) is 3.04. The van der Waals surface area contributed by atoms with Gasteiger partial charge in [0.15, 0.2) is 0 Å². The number of carbonyl (C=O) groups excluding carboxylic acids is 1. The Morgan fingerprint density at radius 3 is 3.18 bits per heavy atom. The lowest BCUT2D eigenvalue weighted by Gasteiger charge is -2.32. The smallest absolute Gasteiger partial charge is 0.265 e. The maximum Gasteiger partial charge on any atom is 0.265 e. The molecule has 1 atom stereocenters. The first-order chi connectivity index (χ1) is 8.20. The van der Waals surface area contributed by atoms with Gasteiger partial charge in [-0.25, -0.2) is 4.98 Å². The number of nitrogens with zero attached hydrogens (tertiary/aromatic N) is 2. The summed E-state index contributed by atoms with van der Waals surface area (Å²) >= 11 is 1.49. The molecule has 1 unspecified atom stereocenters. The Kier molecular flexibility index (Phi) is 4.12. The second kappa shape index (κ2) is 5.60. The molecule has 0 aromatic carbocycles. The fraction of sp³-hybridized carbons (Fsp3) is 0.667. The minimum Gasteiger partial charge on any atom is -0.338 e. The third-order valence-electron chi connectivity index (χ3n) is 3.13. The fourth-order valence-corrected chi connectivity index (χ4v) is 3.07. The van der Waals surface area contributed by atoms with Crippen molar-refractivity contribution >= 4 is 17.2 Å². The minimum absolute atomic E-state index is 0.149. The number of aromatic nitrogens is 1. The summed E-state index contributed by atoms with van der Waals surface area (Å²) in [5.74, 6) is 0.739. The lowest BCUT2D eigenvalue weighted by atomic mass is 9.98. The zero-order valence-electron chi connectivity index (χ0n) is 10.4. The lowest BCUT2D eigenvalue weighted by molar-refractivity contribution is 0.0679. The zero-order chi connectivity index (χ0) is 12.3. The predicted octanol–water partition coefficient (Wildman–Crippen LogP) is 1.52. The zero-order valence-corrected chi connectivity index (χ0v) is 11.2. The SMILES string of the molecule is CNCC1CCCN(C(=O)c2cnc(C)s2)C1. The summed E-state index contributed by atoms with van der Waals surface area (Å²) in [5.41, 5.74) is 0. The van der Waals surface area contributed by atoms with Crippen molar-refractivity contribution in [3.8, 4) is 0 Å². The van der Waals surface area contributed by atoms with Gasteiger partial charge in [0.05, 0.1) is 11.2 Å². The first-order valence-corrected chi connectivity index (χ1v) is 6.88. The molecule has 1 aliphatic heterocycles. The number of hydrogen-bond acceptors (Lipinski definition) is 4. The average Bonchev–Trinajstić information content (AvgIpc) is 2.76. The number of carbonyl (C=O) groups is 1. The van der Waals surface area contributed by atoms with Crippen LogP contribution in [0.3, 0.4) is 0 Å². The van der Waals surface area contributed by atoms with E-state index in [-0.39, 0.29) is 5.91 Å². The highest BCUT2D eigenvalue weighted by molar-refractivity contribution is 7.13. The van der Waals surface area contributed by atoms with Crippen LogP contribution in [0.25, 0.3) is 0 Å². The second-order valence-electron chi connectivity index (χ2n) is 4.56. The molecule has 1 aliphatic rings. The van der Waals surface area contributed by atoms with E-state index >= 15 is 0 Å². The Balaban J connectivity index is 1.99. The van der Waals surface area contributed by atoms with Crippen LogP contribution < -0.4 is 5.32 Å². The molecule has 0 bridgehead atoms. The molecule has 1 fully saturated rings. The molecule has 2 rings (SSSR count). The van der Waals surface area contributed by atoms with E-state index in [4.69, 9.17) is 0 Å². The van der Waals surface area contributed by atoms with E-state index in [1.807, 2.05) is 18.9 Å². The number of thiazole rings is 1. The summed E-state index contributed by atoms with van der Waals surface area (Å²) in [6.07, 6.45) is 4.02. The number of rotatable bonds is 3. The number of likely N-dealkylation sites (tertiary alicyclic amines) is 1. The van der Waals surface area contributed by atoms with Gasteiger partial charge in [0.2, 0.25) is 0 Å². The van der Waals surface area contributed by atoms with Crippen molar-refractivity contribution in [2.24, 2.45) is 5.92 Å². The first-order valence-electron chi connectivity index (χ1n) is 6.07.